The minimum atomic E-state index is -3.51. The lowest BCUT2D eigenvalue weighted by atomic mass is 10.2. The predicted octanol–water partition coefficient (Wildman–Crippen LogP) is -0.0710. The molecule has 106 valence electrons. The maximum atomic E-state index is 12.2. The summed E-state index contributed by atoms with van der Waals surface area (Å²) in [5.41, 5.74) is 11.1. The standard InChI is InChI=1S/C11H15N3O3S.ClH/c12-9-5-6-14(7-9)18(16,17)10-3-1-8(2-4-10)11(13)15;/h1-4,9H,5-7,12H2,(H2,13,15);1H/t9-;/m1./s1. The molecule has 4 N–H and O–H groups in total. The fraction of sp³-hybridized carbons (Fsp3) is 0.364. The Hall–Kier alpha value is -1.15. The zero-order valence-electron chi connectivity index (χ0n) is 10.2. The molecule has 0 aliphatic carbocycles. The Morgan fingerprint density at radius 3 is 2.26 bits per heavy atom. The minimum Gasteiger partial charge on any atom is -0.366 e. The molecule has 1 amide bonds. The molecule has 1 fully saturated rings. The van der Waals surface area contributed by atoms with Crippen LogP contribution in [-0.4, -0.2) is 37.8 Å². The van der Waals surface area contributed by atoms with Crippen LogP contribution in [0.4, 0.5) is 0 Å². The van der Waals surface area contributed by atoms with Gasteiger partial charge in [0.25, 0.3) is 0 Å². The summed E-state index contributed by atoms with van der Waals surface area (Å²) in [6.07, 6.45) is 0.665. The lowest BCUT2D eigenvalue weighted by Crippen LogP contribution is -2.32. The molecule has 1 aromatic rings. The molecular formula is C11H16ClN3O3S. The lowest BCUT2D eigenvalue weighted by Gasteiger charge is -2.15. The number of rotatable bonds is 3. The lowest BCUT2D eigenvalue weighted by molar-refractivity contribution is 0.1000. The minimum absolute atomic E-state index is 0. The van der Waals surface area contributed by atoms with E-state index in [0.29, 0.717) is 19.5 Å². The molecule has 6 nitrogen and oxygen atoms in total. The van der Waals surface area contributed by atoms with Gasteiger partial charge in [-0.25, -0.2) is 8.42 Å². The van der Waals surface area contributed by atoms with Crippen LogP contribution >= 0.6 is 12.4 Å². The van der Waals surface area contributed by atoms with Gasteiger partial charge in [-0.2, -0.15) is 4.31 Å². The Balaban J connectivity index is 0.00000180. The van der Waals surface area contributed by atoms with Gasteiger partial charge in [0.15, 0.2) is 0 Å². The number of primary amides is 1. The molecular weight excluding hydrogens is 290 g/mol. The second kappa shape index (κ2) is 5.87. The number of sulfonamides is 1. The summed E-state index contributed by atoms with van der Waals surface area (Å²) >= 11 is 0. The molecule has 2 rings (SSSR count). The van der Waals surface area contributed by atoms with Crippen molar-refractivity contribution in [2.75, 3.05) is 13.1 Å². The van der Waals surface area contributed by atoms with Gasteiger partial charge in [0.1, 0.15) is 0 Å². The highest BCUT2D eigenvalue weighted by Crippen LogP contribution is 2.20. The number of amides is 1. The fourth-order valence-electron chi connectivity index (χ4n) is 1.91. The van der Waals surface area contributed by atoms with Crippen LogP contribution in [0.2, 0.25) is 0 Å². The summed E-state index contributed by atoms with van der Waals surface area (Å²) in [5, 5.41) is 0. The van der Waals surface area contributed by atoms with E-state index in [-0.39, 0.29) is 28.9 Å². The van der Waals surface area contributed by atoms with Crippen LogP contribution < -0.4 is 11.5 Å². The van der Waals surface area contributed by atoms with Crippen molar-refractivity contribution in [1.29, 1.82) is 0 Å². The fourth-order valence-corrected chi connectivity index (χ4v) is 3.42. The molecule has 1 heterocycles. The van der Waals surface area contributed by atoms with Crippen LogP contribution in [-0.2, 0) is 10.0 Å². The van der Waals surface area contributed by atoms with Crippen LogP contribution in [0, 0.1) is 0 Å². The zero-order valence-corrected chi connectivity index (χ0v) is 11.8. The van der Waals surface area contributed by atoms with Gasteiger partial charge in [-0.05, 0) is 30.7 Å². The number of nitrogens with two attached hydrogens (primary N) is 2. The molecule has 19 heavy (non-hydrogen) atoms. The first kappa shape index (κ1) is 15.9. The van der Waals surface area contributed by atoms with Crippen LogP contribution in [0.25, 0.3) is 0 Å². The van der Waals surface area contributed by atoms with E-state index < -0.39 is 15.9 Å². The van der Waals surface area contributed by atoms with Crippen molar-refractivity contribution in [2.24, 2.45) is 11.5 Å². The third-order valence-electron chi connectivity index (χ3n) is 2.96. The molecule has 0 saturated carbocycles. The Morgan fingerprint density at radius 2 is 1.84 bits per heavy atom. The van der Waals surface area contributed by atoms with Crippen molar-refractivity contribution in [3.05, 3.63) is 29.8 Å². The van der Waals surface area contributed by atoms with E-state index >= 15 is 0 Å². The normalized spacial score (nSPS) is 19.9. The van der Waals surface area contributed by atoms with Gasteiger partial charge < -0.3 is 11.5 Å². The molecule has 1 aromatic carbocycles. The molecule has 8 heteroatoms. The van der Waals surface area contributed by atoms with E-state index in [1.165, 1.54) is 28.6 Å². The largest absolute Gasteiger partial charge is 0.366 e. The van der Waals surface area contributed by atoms with E-state index in [0.717, 1.165) is 0 Å². The summed E-state index contributed by atoms with van der Waals surface area (Å²) < 4.78 is 25.8. The molecule has 1 saturated heterocycles. The van der Waals surface area contributed by atoms with Crippen molar-refractivity contribution in [3.63, 3.8) is 0 Å². The number of carbonyl (C=O) groups is 1. The molecule has 1 atom stereocenters. The van der Waals surface area contributed by atoms with Gasteiger partial charge in [0.05, 0.1) is 4.90 Å². The molecule has 1 aliphatic rings. The van der Waals surface area contributed by atoms with Gasteiger partial charge in [0.2, 0.25) is 15.9 Å². The average Bonchev–Trinajstić information content (AvgIpc) is 2.76. The molecule has 0 radical (unpaired) electrons. The van der Waals surface area contributed by atoms with Gasteiger partial charge in [-0.15, -0.1) is 12.4 Å². The number of nitrogens with zero attached hydrogens (tertiary/aromatic N) is 1. The Bertz CT molecular complexity index is 559. The number of carbonyl (C=O) groups excluding carboxylic acids is 1. The van der Waals surface area contributed by atoms with E-state index in [4.69, 9.17) is 11.5 Å². The first-order valence-electron chi connectivity index (χ1n) is 5.57. The van der Waals surface area contributed by atoms with E-state index in [9.17, 15) is 13.2 Å². The first-order valence-corrected chi connectivity index (χ1v) is 7.01. The maximum absolute atomic E-state index is 12.2. The number of hydrogen-bond donors (Lipinski definition) is 2. The number of hydrogen-bond acceptors (Lipinski definition) is 4. The highest BCUT2D eigenvalue weighted by atomic mass is 35.5. The summed E-state index contributed by atoms with van der Waals surface area (Å²) in [6, 6.07) is 5.49. The van der Waals surface area contributed by atoms with Gasteiger partial charge in [-0.1, -0.05) is 0 Å². The van der Waals surface area contributed by atoms with Gasteiger partial charge in [0, 0.05) is 24.7 Å². The van der Waals surface area contributed by atoms with Crippen LogP contribution in [0.5, 0.6) is 0 Å². The summed E-state index contributed by atoms with van der Waals surface area (Å²) in [7, 11) is -3.51. The third-order valence-corrected chi connectivity index (χ3v) is 4.84. The quantitative estimate of drug-likeness (QED) is 0.815. The third kappa shape index (κ3) is 3.24. The zero-order chi connectivity index (χ0) is 13.3. The highest BCUT2D eigenvalue weighted by Gasteiger charge is 2.30. The Labute approximate surface area is 118 Å². The second-order valence-electron chi connectivity index (χ2n) is 4.30. The molecule has 1 aliphatic heterocycles. The summed E-state index contributed by atoms with van der Waals surface area (Å²) in [4.78, 5) is 11.1. The van der Waals surface area contributed by atoms with E-state index in [1.54, 1.807) is 0 Å². The monoisotopic (exact) mass is 305 g/mol. The van der Waals surface area contributed by atoms with E-state index in [2.05, 4.69) is 0 Å². The van der Waals surface area contributed by atoms with Crippen molar-refractivity contribution >= 4 is 28.3 Å². The van der Waals surface area contributed by atoms with Crippen molar-refractivity contribution < 1.29 is 13.2 Å². The van der Waals surface area contributed by atoms with Crippen molar-refractivity contribution in [1.82, 2.24) is 4.31 Å². The SMILES string of the molecule is Cl.NC(=O)c1ccc(S(=O)(=O)N2CC[C@@H](N)C2)cc1. The van der Waals surface area contributed by atoms with Gasteiger partial charge in [-0.3, -0.25) is 4.79 Å². The molecule has 0 aromatic heterocycles. The summed E-state index contributed by atoms with van der Waals surface area (Å²) in [5.74, 6) is -0.581. The Kier molecular flexibility index (Phi) is 4.92. The molecule has 0 spiro atoms. The molecule has 0 unspecified atom stereocenters. The second-order valence-corrected chi connectivity index (χ2v) is 6.24. The number of halogens is 1. The molecule has 0 bridgehead atoms. The topological polar surface area (TPSA) is 106 Å². The van der Waals surface area contributed by atoms with Crippen molar-refractivity contribution in [2.45, 2.75) is 17.4 Å². The van der Waals surface area contributed by atoms with Crippen LogP contribution in [0.15, 0.2) is 29.2 Å². The Morgan fingerprint density at radius 1 is 1.26 bits per heavy atom. The van der Waals surface area contributed by atoms with E-state index in [1.807, 2.05) is 0 Å². The predicted molar refractivity (Wildman–Crippen MR) is 73.6 cm³/mol. The number of benzene rings is 1. The van der Waals surface area contributed by atoms with Crippen LogP contribution in [0.3, 0.4) is 0 Å². The summed E-state index contributed by atoms with van der Waals surface area (Å²) in [6.45, 7) is 0.765. The first-order chi connectivity index (χ1) is 8.41. The van der Waals surface area contributed by atoms with Crippen LogP contribution in [0.1, 0.15) is 16.8 Å². The highest BCUT2D eigenvalue weighted by molar-refractivity contribution is 7.89. The van der Waals surface area contributed by atoms with Gasteiger partial charge >= 0.3 is 0 Å². The average molecular weight is 306 g/mol. The maximum Gasteiger partial charge on any atom is 0.248 e. The smallest absolute Gasteiger partial charge is 0.248 e. The van der Waals surface area contributed by atoms with Crippen molar-refractivity contribution in [3.8, 4) is 0 Å².